The molecule has 1 aromatic rings. The van der Waals surface area contributed by atoms with Gasteiger partial charge >= 0.3 is 0 Å². The number of ether oxygens (including phenoxy) is 2. The van der Waals surface area contributed by atoms with E-state index in [-0.39, 0.29) is 17.7 Å². The van der Waals surface area contributed by atoms with Crippen LogP contribution in [0.25, 0.3) is 0 Å². The van der Waals surface area contributed by atoms with E-state index < -0.39 is 0 Å². The van der Waals surface area contributed by atoms with Gasteiger partial charge in [0.2, 0.25) is 11.8 Å². The fourth-order valence-corrected chi connectivity index (χ4v) is 3.84. The Morgan fingerprint density at radius 3 is 2.70 bits per heavy atom. The molecule has 0 aromatic heterocycles. The standard InChI is InChI=1S/C20H29N3O4/c1-14-12-23(9-7-21-14)20(25)16-11-19(24)22(13-16)8-6-15-4-5-17(26-2)18(10-15)27-3/h4-5,10,14,16,21H,6-9,11-13H2,1-3H3. The van der Waals surface area contributed by atoms with Gasteiger partial charge in [-0.15, -0.1) is 0 Å². The van der Waals surface area contributed by atoms with Gasteiger partial charge < -0.3 is 24.6 Å². The van der Waals surface area contributed by atoms with Crippen molar-refractivity contribution in [3.63, 3.8) is 0 Å². The minimum atomic E-state index is -0.215. The molecule has 148 valence electrons. The zero-order valence-corrected chi connectivity index (χ0v) is 16.4. The highest BCUT2D eigenvalue weighted by Crippen LogP contribution is 2.28. The Kier molecular flexibility index (Phi) is 6.21. The monoisotopic (exact) mass is 375 g/mol. The number of hydrogen-bond donors (Lipinski definition) is 1. The molecule has 1 aromatic carbocycles. The normalized spacial score (nSPS) is 22.9. The van der Waals surface area contributed by atoms with Gasteiger partial charge in [0.05, 0.1) is 20.1 Å². The van der Waals surface area contributed by atoms with Gasteiger partial charge in [0.1, 0.15) is 0 Å². The molecular weight excluding hydrogens is 346 g/mol. The highest BCUT2D eigenvalue weighted by Gasteiger charge is 2.37. The average molecular weight is 375 g/mol. The lowest BCUT2D eigenvalue weighted by atomic mass is 10.1. The molecule has 7 heteroatoms. The van der Waals surface area contributed by atoms with Crippen LogP contribution in [0.1, 0.15) is 18.9 Å². The maximum absolute atomic E-state index is 12.8. The molecule has 2 saturated heterocycles. The van der Waals surface area contributed by atoms with Crippen LogP contribution in [-0.2, 0) is 16.0 Å². The maximum Gasteiger partial charge on any atom is 0.228 e. The number of benzene rings is 1. The highest BCUT2D eigenvalue weighted by atomic mass is 16.5. The highest BCUT2D eigenvalue weighted by molar-refractivity contribution is 5.89. The molecule has 0 aliphatic carbocycles. The molecule has 0 saturated carbocycles. The van der Waals surface area contributed by atoms with Crippen LogP contribution in [0.3, 0.4) is 0 Å². The second kappa shape index (κ2) is 8.61. The van der Waals surface area contributed by atoms with Crippen LogP contribution in [0.4, 0.5) is 0 Å². The number of carbonyl (C=O) groups is 2. The van der Waals surface area contributed by atoms with Crippen LogP contribution >= 0.6 is 0 Å². The molecular formula is C20H29N3O4. The molecule has 7 nitrogen and oxygen atoms in total. The first-order chi connectivity index (χ1) is 13.0. The van der Waals surface area contributed by atoms with Crippen molar-refractivity contribution in [2.24, 2.45) is 5.92 Å². The zero-order valence-electron chi connectivity index (χ0n) is 16.4. The van der Waals surface area contributed by atoms with E-state index in [2.05, 4.69) is 12.2 Å². The third kappa shape index (κ3) is 4.53. The average Bonchev–Trinajstić information content (AvgIpc) is 3.06. The summed E-state index contributed by atoms with van der Waals surface area (Å²) in [4.78, 5) is 28.8. The van der Waals surface area contributed by atoms with Crippen LogP contribution in [0.2, 0.25) is 0 Å². The molecule has 27 heavy (non-hydrogen) atoms. The van der Waals surface area contributed by atoms with E-state index in [1.54, 1.807) is 14.2 Å². The minimum absolute atomic E-state index is 0.0667. The first-order valence-corrected chi connectivity index (χ1v) is 9.52. The van der Waals surface area contributed by atoms with Gasteiger partial charge in [-0.3, -0.25) is 9.59 Å². The number of piperazine rings is 1. The van der Waals surface area contributed by atoms with Crippen LogP contribution in [0.15, 0.2) is 18.2 Å². The van der Waals surface area contributed by atoms with Gasteiger partial charge in [-0.05, 0) is 31.0 Å². The lowest BCUT2D eigenvalue weighted by Gasteiger charge is -2.33. The Labute approximate surface area is 160 Å². The van der Waals surface area contributed by atoms with Gasteiger partial charge in [-0.1, -0.05) is 6.07 Å². The van der Waals surface area contributed by atoms with Crippen molar-refractivity contribution in [2.75, 3.05) is 46.9 Å². The summed E-state index contributed by atoms with van der Waals surface area (Å²) in [6.07, 6.45) is 1.04. The summed E-state index contributed by atoms with van der Waals surface area (Å²) in [5.74, 6) is 1.34. The van der Waals surface area contributed by atoms with Crippen molar-refractivity contribution in [3.05, 3.63) is 23.8 Å². The summed E-state index contributed by atoms with van der Waals surface area (Å²) in [7, 11) is 3.22. The quantitative estimate of drug-likeness (QED) is 0.801. The Morgan fingerprint density at radius 1 is 1.22 bits per heavy atom. The lowest BCUT2D eigenvalue weighted by Crippen LogP contribution is -2.53. The SMILES string of the molecule is COc1ccc(CCN2CC(C(=O)N3CCNC(C)C3)CC2=O)cc1OC. The van der Waals surface area contributed by atoms with E-state index in [9.17, 15) is 9.59 Å². The lowest BCUT2D eigenvalue weighted by molar-refractivity contribution is -0.136. The molecule has 0 spiro atoms. The number of carbonyl (C=O) groups excluding carboxylic acids is 2. The summed E-state index contributed by atoms with van der Waals surface area (Å²) in [5, 5.41) is 3.34. The summed E-state index contributed by atoms with van der Waals surface area (Å²) in [6, 6.07) is 6.09. The van der Waals surface area contributed by atoms with Gasteiger partial charge in [0.25, 0.3) is 0 Å². The number of amides is 2. The molecule has 1 N–H and O–H groups in total. The molecule has 2 unspecified atom stereocenters. The van der Waals surface area contributed by atoms with Crippen LogP contribution < -0.4 is 14.8 Å². The van der Waals surface area contributed by atoms with E-state index in [0.29, 0.717) is 37.1 Å². The number of rotatable bonds is 6. The second-order valence-electron chi connectivity index (χ2n) is 7.32. The molecule has 0 bridgehead atoms. The fraction of sp³-hybridized carbons (Fsp3) is 0.600. The van der Waals surface area contributed by atoms with E-state index in [1.165, 1.54) is 0 Å². The maximum atomic E-state index is 12.8. The third-order valence-electron chi connectivity index (χ3n) is 5.36. The Morgan fingerprint density at radius 2 is 2.00 bits per heavy atom. The van der Waals surface area contributed by atoms with Gasteiger partial charge in [-0.2, -0.15) is 0 Å². The van der Waals surface area contributed by atoms with Crippen molar-refractivity contribution in [3.8, 4) is 11.5 Å². The minimum Gasteiger partial charge on any atom is -0.493 e. The Hall–Kier alpha value is -2.28. The first-order valence-electron chi connectivity index (χ1n) is 9.52. The Balaban J connectivity index is 1.56. The van der Waals surface area contributed by atoms with Crippen molar-refractivity contribution < 1.29 is 19.1 Å². The van der Waals surface area contributed by atoms with E-state index in [1.807, 2.05) is 28.0 Å². The smallest absolute Gasteiger partial charge is 0.228 e. The van der Waals surface area contributed by atoms with Gasteiger partial charge in [0.15, 0.2) is 11.5 Å². The topological polar surface area (TPSA) is 71.1 Å². The largest absolute Gasteiger partial charge is 0.493 e. The molecule has 2 aliphatic rings. The number of nitrogens with zero attached hydrogens (tertiary/aromatic N) is 2. The predicted octanol–water partition coefficient (Wildman–Crippen LogP) is 0.915. The molecule has 2 heterocycles. The van der Waals surface area contributed by atoms with Crippen molar-refractivity contribution in [2.45, 2.75) is 25.8 Å². The van der Waals surface area contributed by atoms with Crippen LogP contribution in [-0.4, -0.2) is 74.6 Å². The summed E-state index contributed by atoms with van der Waals surface area (Å²) in [6.45, 7) is 5.46. The van der Waals surface area contributed by atoms with Crippen LogP contribution in [0.5, 0.6) is 11.5 Å². The molecule has 2 aliphatic heterocycles. The third-order valence-corrected chi connectivity index (χ3v) is 5.36. The summed E-state index contributed by atoms with van der Waals surface area (Å²) < 4.78 is 10.6. The van der Waals surface area contributed by atoms with Crippen LogP contribution in [0, 0.1) is 5.92 Å². The van der Waals surface area contributed by atoms with Gasteiger partial charge in [0, 0.05) is 45.2 Å². The number of likely N-dealkylation sites (tertiary alicyclic amines) is 1. The first kappa shape index (κ1) is 19.5. The van der Waals surface area contributed by atoms with Crippen molar-refractivity contribution >= 4 is 11.8 Å². The predicted molar refractivity (Wildman–Crippen MR) is 102 cm³/mol. The van der Waals surface area contributed by atoms with Crippen molar-refractivity contribution in [1.29, 1.82) is 0 Å². The fourth-order valence-electron chi connectivity index (χ4n) is 3.84. The summed E-state index contributed by atoms with van der Waals surface area (Å²) >= 11 is 0. The van der Waals surface area contributed by atoms with E-state index in [4.69, 9.17) is 9.47 Å². The molecule has 0 radical (unpaired) electrons. The molecule has 3 rings (SSSR count). The van der Waals surface area contributed by atoms with E-state index in [0.717, 1.165) is 31.6 Å². The molecule has 2 fully saturated rings. The summed E-state index contributed by atoms with van der Waals surface area (Å²) in [5.41, 5.74) is 1.08. The number of nitrogens with one attached hydrogen (secondary N) is 1. The second-order valence-corrected chi connectivity index (χ2v) is 7.32. The molecule has 2 amide bonds. The van der Waals surface area contributed by atoms with Crippen molar-refractivity contribution in [1.82, 2.24) is 15.1 Å². The Bertz CT molecular complexity index is 694. The van der Waals surface area contributed by atoms with E-state index >= 15 is 0 Å². The number of hydrogen-bond acceptors (Lipinski definition) is 5. The molecule has 2 atom stereocenters. The zero-order chi connectivity index (χ0) is 19.4. The number of methoxy groups -OCH3 is 2. The van der Waals surface area contributed by atoms with Gasteiger partial charge in [-0.25, -0.2) is 0 Å².